The monoisotopic (exact) mass is 195 g/mol. The Bertz CT molecular complexity index is 306. The molecule has 4 nitrogen and oxygen atoms in total. The molecule has 3 N–H and O–H groups in total. The van der Waals surface area contributed by atoms with Gasteiger partial charge in [-0.2, -0.15) is 5.10 Å². The minimum Gasteiger partial charge on any atom is -0.394 e. The Balaban J connectivity index is 2.11. The van der Waals surface area contributed by atoms with Crippen molar-refractivity contribution >= 4 is 0 Å². The molecule has 0 spiro atoms. The first kappa shape index (κ1) is 9.68. The summed E-state index contributed by atoms with van der Waals surface area (Å²) in [6.07, 6.45) is 4.27. The van der Waals surface area contributed by atoms with Crippen molar-refractivity contribution in [3.63, 3.8) is 0 Å². The molecule has 1 aromatic heterocycles. The third-order valence-corrected chi connectivity index (χ3v) is 2.88. The summed E-state index contributed by atoms with van der Waals surface area (Å²) in [6, 6.07) is 1.91. The fourth-order valence-corrected chi connectivity index (χ4v) is 1.79. The van der Waals surface area contributed by atoms with Crippen LogP contribution in [-0.4, -0.2) is 27.5 Å². The number of nitrogens with two attached hydrogens (primary N) is 1. The van der Waals surface area contributed by atoms with Crippen molar-refractivity contribution in [3.8, 4) is 0 Å². The van der Waals surface area contributed by atoms with Gasteiger partial charge in [-0.15, -0.1) is 0 Å². The summed E-state index contributed by atoms with van der Waals surface area (Å²) >= 11 is 0. The fraction of sp³-hybridized carbons (Fsp3) is 0.700. The maximum absolute atomic E-state index is 9.29. The van der Waals surface area contributed by atoms with Gasteiger partial charge in [-0.25, -0.2) is 0 Å². The van der Waals surface area contributed by atoms with E-state index in [2.05, 4.69) is 5.10 Å². The number of nitrogens with zero attached hydrogens (tertiary/aromatic N) is 2. The van der Waals surface area contributed by atoms with Crippen LogP contribution in [0.25, 0.3) is 0 Å². The second-order valence-corrected chi connectivity index (χ2v) is 4.10. The molecule has 0 saturated heterocycles. The minimum atomic E-state index is -0.0591. The lowest BCUT2D eigenvalue weighted by Gasteiger charge is -2.22. The largest absolute Gasteiger partial charge is 0.394 e. The summed E-state index contributed by atoms with van der Waals surface area (Å²) in [7, 11) is 0. The number of aryl methyl sites for hydroxylation is 1. The molecule has 1 aromatic rings. The first-order chi connectivity index (χ1) is 6.72. The molecule has 2 unspecified atom stereocenters. The number of hydrogen-bond acceptors (Lipinski definition) is 3. The molecule has 2 rings (SSSR count). The van der Waals surface area contributed by atoms with Crippen LogP contribution in [0.5, 0.6) is 0 Å². The Morgan fingerprint density at radius 3 is 2.86 bits per heavy atom. The quantitative estimate of drug-likeness (QED) is 0.733. The first-order valence-corrected chi connectivity index (χ1v) is 5.10. The Hall–Kier alpha value is -0.870. The number of aliphatic hydroxyl groups excluding tert-OH is 1. The van der Waals surface area contributed by atoms with Crippen LogP contribution in [0.3, 0.4) is 0 Å². The zero-order valence-corrected chi connectivity index (χ0v) is 8.43. The molecule has 14 heavy (non-hydrogen) atoms. The molecule has 0 bridgehead atoms. The third kappa shape index (κ3) is 1.81. The van der Waals surface area contributed by atoms with E-state index < -0.39 is 0 Å². The maximum atomic E-state index is 9.29. The van der Waals surface area contributed by atoms with Crippen molar-refractivity contribution in [1.29, 1.82) is 0 Å². The Morgan fingerprint density at radius 1 is 1.71 bits per heavy atom. The van der Waals surface area contributed by atoms with Gasteiger partial charge in [0.2, 0.25) is 0 Å². The molecule has 1 heterocycles. The van der Waals surface area contributed by atoms with Crippen LogP contribution in [-0.2, 0) is 0 Å². The molecule has 0 radical (unpaired) electrons. The lowest BCUT2D eigenvalue weighted by atomic mass is 10.1. The van der Waals surface area contributed by atoms with E-state index in [0.29, 0.717) is 5.92 Å². The number of hydrogen-bond donors (Lipinski definition) is 2. The van der Waals surface area contributed by atoms with E-state index in [4.69, 9.17) is 5.73 Å². The molecule has 0 amide bonds. The molecule has 0 aromatic carbocycles. The Morgan fingerprint density at radius 2 is 2.43 bits per heavy atom. The van der Waals surface area contributed by atoms with E-state index in [1.165, 1.54) is 12.8 Å². The lowest BCUT2D eigenvalue weighted by Crippen LogP contribution is -2.36. The Labute approximate surface area is 83.7 Å². The SMILES string of the molecule is Cc1ccn(C(CO)C(N)C2CC2)n1. The second-order valence-electron chi connectivity index (χ2n) is 4.10. The van der Waals surface area contributed by atoms with Gasteiger partial charge in [0.1, 0.15) is 0 Å². The van der Waals surface area contributed by atoms with E-state index >= 15 is 0 Å². The van der Waals surface area contributed by atoms with E-state index in [1.54, 1.807) is 4.68 Å². The molecule has 4 heteroatoms. The highest BCUT2D eigenvalue weighted by molar-refractivity contribution is 4.99. The van der Waals surface area contributed by atoms with Gasteiger partial charge in [-0.1, -0.05) is 0 Å². The number of rotatable bonds is 4. The first-order valence-electron chi connectivity index (χ1n) is 5.10. The van der Waals surface area contributed by atoms with E-state index in [0.717, 1.165) is 5.69 Å². The van der Waals surface area contributed by atoms with E-state index in [1.807, 2.05) is 19.2 Å². The van der Waals surface area contributed by atoms with E-state index in [-0.39, 0.29) is 18.7 Å². The molecule has 1 fully saturated rings. The van der Waals surface area contributed by atoms with Crippen LogP contribution >= 0.6 is 0 Å². The van der Waals surface area contributed by atoms with Gasteiger partial charge in [-0.3, -0.25) is 4.68 Å². The van der Waals surface area contributed by atoms with Crippen molar-refractivity contribution < 1.29 is 5.11 Å². The van der Waals surface area contributed by atoms with Crippen LogP contribution in [0.4, 0.5) is 0 Å². The summed E-state index contributed by atoms with van der Waals surface area (Å²) in [4.78, 5) is 0. The van der Waals surface area contributed by atoms with Gasteiger partial charge >= 0.3 is 0 Å². The van der Waals surface area contributed by atoms with Gasteiger partial charge < -0.3 is 10.8 Å². The smallest absolute Gasteiger partial charge is 0.0903 e. The van der Waals surface area contributed by atoms with Gasteiger partial charge in [0.15, 0.2) is 0 Å². The van der Waals surface area contributed by atoms with E-state index in [9.17, 15) is 5.11 Å². The average Bonchev–Trinajstić information content (AvgIpc) is 2.92. The van der Waals surface area contributed by atoms with Crippen molar-refractivity contribution in [3.05, 3.63) is 18.0 Å². The predicted octanol–water partition coefficient (Wildman–Crippen LogP) is 0.462. The van der Waals surface area contributed by atoms with Gasteiger partial charge in [0.25, 0.3) is 0 Å². The average molecular weight is 195 g/mol. The highest BCUT2D eigenvalue weighted by Crippen LogP contribution is 2.35. The van der Waals surface area contributed by atoms with Crippen molar-refractivity contribution in [1.82, 2.24) is 9.78 Å². The number of aromatic nitrogens is 2. The molecule has 1 aliphatic rings. The standard InChI is InChI=1S/C10H17N3O/c1-7-4-5-13(12-7)9(6-14)10(11)8-2-3-8/h4-5,8-10,14H,2-3,6,11H2,1H3. The predicted molar refractivity (Wildman–Crippen MR) is 53.8 cm³/mol. The summed E-state index contributed by atoms with van der Waals surface area (Å²) in [5.74, 6) is 0.580. The van der Waals surface area contributed by atoms with Gasteiger partial charge in [-0.05, 0) is 31.7 Å². The molecule has 0 aliphatic heterocycles. The van der Waals surface area contributed by atoms with Crippen LogP contribution in [0.1, 0.15) is 24.6 Å². The van der Waals surface area contributed by atoms with Gasteiger partial charge in [0, 0.05) is 12.2 Å². The molecule has 1 aliphatic carbocycles. The second kappa shape index (κ2) is 3.71. The van der Waals surface area contributed by atoms with Crippen LogP contribution in [0, 0.1) is 12.8 Å². The maximum Gasteiger partial charge on any atom is 0.0903 e. The summed E-state index contributed by atoms with van der Waals surface area (Å²) in [5.41, 5.74) is 7.02. The highest BCUT2D eigenvalue weighted by atomic mass is 16.3. The summed E-state index contributed by atoms with van der Waals surface area (Å²) in [6.45, 7) is 2.01. The van der Waals surface area contributed by atoms with Crippen LogP contribution in [0.15, 0.2) is 12.3 Å². The lowest BCUT2D eigenvalue weighted by molar-refractivity contribution is 0.188. The van der Waals surface area contributed by atoms with Crippen molar-refractivity contribution in [2.24, 2.45) is 11.7 Å². The molecule has 2 atom stereocenters. The summed E-state index contributed by atoms with van der Waals surface area (Å²) in [5, 5.41) is 13.6. The molecular weight excluding hydrogens is 178 g/mol. The third-order valence-electron chi connectivity index (χ3n) is 2.88. The molecular formula is C10H17N3O. The van der Waals surface area contributed by atoms with Crippen molar-refractivity contribution in [2.45, 2.75) is 31.8 Å². The van der Waals surface area contributed by atoms with Crippen molar-refractivity contribution in [2.75, 3.05) is 6.61 Å². The molecule has 1 saturated carbocycles. The summed E-state index contributed by atoms with van der Waals surface area (Å²) < 4.78 is 1.79. The topological polar surface area (TPSA) is 64.1 Å². The molecule has 78 valence electrons. The normalized spacial score (nSPS) is 20.8. The minimum absolute atomic E-state index is 0.0410. The van der Waals surface area contributed by atoms with Crippen LogP contribution in [0.2, 0.25) is 0 Å². The van der Waals surface area contributed by atoms with Crippen LogP contribution < -0.4 is 5.73 Å². The number of aliphatic hydroxyl groups is 1. The zero-order chi connectivity index (χ0) is 10.1. The zero-order valence-electron chi connectivity index (χ0n) is 8.43. The Kier molecular flexibility index (Phi) is 2.56. The van der Waals surface area contributed by atoms with Gasteiger partial charge in [0.05, 0.1) is 18.3 Å². The fourth-order valence-electron chi connectivity index (χ4n) is 1.79. The highest BCUT2D eigenvalue weighted by Gasteiger charge is 2.34.